The van der Waals surface area contributed by atoms with Crippen molar-refractivity contribution >= 4 is 23.1 Å². The topological polar surface area (TPSA) is 24.9 Å². The van der Waals surface area contributed by atoms with Gasteiger partial charge >= 0.3 is 0 Å². The second-order valence-corrected chi connectivity index (χ2v) is 6.79. The van der Waals surface area contributed by atoms with Gasteiger partial charge < -0.3 is 5.32 Å². The van der Waals surface area contributed by atoms with Gasteiger partial charge in [-0.15, -0.1) is 11.3 Å². The fourth-order valence-electron chi connectivity index (χ4n) is 2.35. The summed E-state index contributed by atoms with van der Waals surface area (Å²) in [5.74, 6) is 0. The molecule has 0 aromatic carbocycles. The highest BCUT2D eigenvalue weighted by Gasteiger charge is 2.32. The zero-order valence-corrected chi connectivity index (χ0v) is 11.7. The Morgan fingerprint density at radius 1 is 1.56 bits per heavy atom. The molecule has 2 rings (SSSR count). The summed E-state index contributed by atoms with van der Waals surface area (Å²) in [7, 11) is 0. The monoisotopic (exact) mass is 256 g/mol. The second-order valence-electron chi connectivity index (χ2n) is 4.60. The van der Waals surface area contributed by atoms with E-state index in [-0.39, 0.29) is 0 Å². The number of thiazole rings is 1. The predicted octanol–water partition coefficient (Wildman–Crippen LogP) is 3.47. The summed E-state index contributed by atoms with van der Waals surface area (Å²) in [5.41, 5.74) is 1.91. The van der Waals surface area contributed by atoms with E-state index in [2.05, 4.69) is 23.5 Å². The summed E-state index contributed by atoms with van der Waals surface area (Å²) >= 11 is 3.78. The molecule has 1 aliphatic rings. The molecule has 1 aromatic rings. The van der Waals surface area contributed by atoms with Crippen molar-refractivity contribution in [2.75, 3.05) is 12.8 Å². The van der Waals surface area contributed by atoms with Gasteiger partial charge in [0.25, 0.3) is 0 Å². The average Bonchev–Trinajstić information content (AvgIpc) is 2.98. The van der Waals surface area contributed by atoms with E-state index in [9.17, 15) is 0 Å². The van der Waals surface area contributed by atoms with Gasteiger partial charge in [0.2, 0.25) is 0 Å². The summed E-state index contributed by atoms with van der Waals surface area (Å²) in [6, 6.07) is 0.442. The fraction of sp³-hybridized carbons (Fsp3) is 0.750. The van der Waals surface area contributed by atoms with Crippen LogP contribution in [0.2, 0.25) is 0 Å². The van der Waals surface area contributed by atoms with E-state index < -0.39 is 0 Å². The highest BCUT2D eigenvalue weighted by molar-refractivity contribution is 8.00. The number of nitrogens with zero attached hydrogens (tertiary/aromatic N) is 1. The number of hydrogen-bond acceptors (Lipinski definition) is 4. The molecule has 0 radical (unpaired) electrons. The first-order valence-electron chi connectivity index (χ1n) is 5.93. The molecule has 1 fully saturated rings. The molecule has 90 valence electrons. The van der Waals surface area contributed by atoms with E-state index in [4.69, 9.17) is 0 Å². The minimum Gasteiger partial charge on any atom is -0.308 e. The van der Waals surface area contributed by atoms with E-state index in [1.54, 1.807) is 11.3 Å². The molecule has 16 heavy (non-hydrogen) atoms. The Hall–Kier alpha value is -0.0600. The molecule has 1 unspecified atom stereocenters. The van der Waals surface area contributed by atoms with Crippen LogP contribution in [0.3, 0.4) is 0 Å². The third-order valence-corrected chi connectivity index (χ3v) is 5.93. The maximum Gasteiger partial charge on any atom is 0.0794 e. The third-order valence-electron chi connectivity index (χ3n) is 3.56. The van der Waals surface area contributed by atoms with E-state index in [0.717, 1.165) is 6.54 Å². The molecular weight excluding hydrogens is 236 g/mol. The average molecular weight is 256 g/mol. The SMILES string of the molecule is CSC1(CNC(C)c2cncs2)CCCC1. The maximum atomic E-state index is 4.13. The largest absolute Gasteiger partial charge is 0.308 e. The lowest BCUT2D eigenvalue weighted by Crippen LogP contribution is -2.36. The van der Waals surface area contributed by atoms with Gasteiger partial charge in [0.1, 0.15) is 0 Å². The number of nitrogens with one attached hydrogen (secondary N) is 1. The van der Waals surface area contributed by atoms with Gasteiger partial charge in [-0.3, -0.25) is 4.98 Å². The number of hydrogen-bond donors (Lipinski definition) is 1. The van der Waals surface area contributed by atoms with E-state index in [0.29, 0.717) is 10.8 Å². The third kappa shape index (κ3) is 2.79. The number of aromatic nitrogens is 1. The number of thioether (sulfide) groups is 1. The van der Waals surface area contributed by atoms with Gasteiger partial charge in [0, 0.05) is 28.4 Å². The maximum absolute atomic E-state index is 4.13. The first-order chi connectivity index (χ1) is 7.76. The van der Waals surface area contributed by atoms with Crippen LogP contribution >= 0.6 is 23.1 Å². The minimum absolute atomic E-state index is 0.442. The molecule has 0 spiro atoms. The summed E-state index contributed by atoms with van der Waals surface area (Å²) in [4.78, 5) is 5.48. The van der Waals surface area contributed by atoms with E-state index >= 15 is 0 Å². The van der Waals surface area contributed by atoms with Crippen molar-refractivity contribution in [1.82, 2.24) is 10.3 Å². The van der Waals surface area contributed by atoms with Gasteiger partial charge in [-0.05, 0) is 26.0 Å². The highest BCUT2D eigenvalue weighted by Crippen LogP contribution is 2.40. The minimum atomic E-state index is 0.442. The van der Waals surface area contributed by atoms with Crippen LogP contribution < -0.4 is 5.32 Å². The molecule has 2 nitrogen and oxygen atoms in total. The second kappa shape index (κ2) is 5.52. The van der Waals surface area contributed by atoms with Crippen LogP contribution in [-0.2, 0) is 0 Å². The van der Waals surface area contributed by atoms with E-state index in [1.807, 2.05) is 23.5 Å². The van der Waals surface area contributed by atoms with Crippen molar-refractivity contribution in [2.24, 2.45) is 0 Å². The summed E-state index contributed by atoms with van der Waals surface area (Å²) in [5, 5.41) is 3.67. The first kappa shape index (κ1) is 12.4. The van der Waals surface area contributed by atoms with Crippen LogP contribution in [0.4, 0.5) is 0 Å². The van der Waals surface area contributed by atoms with Crippen LogP contribution in [-0.4, -0.2) is 22.5 Å². The highest BCUT2D eigenvalue weighted by atomic mass is 32.2. The lowest BCUT2D eigenvalue weighted by atomic mass is 10.1. The Kier molecular flexibility index (Phi) is 4.27. The molecule has 1 N–H and O–H groups in total. The molecule has 1 atom stereocenters. The molecule has 4 heteroatoms. The fourth-order valence-corrected chi connectivity index (χ4v) is 3.93. The Bertz CT molecular complexity index is 305. The zero-order chi connectivity index (χ0) is 11.4. The molecule has 1 heterocycles. The lowest BCUT2D eigenvalue weighted by molar-refractivity contribution is 0.490. The summed E-state index contributed by atoms with van der Waals surface area (Å²) in [6.07, 6.45) is 9.77. The molecule has 0 amide bonds. The van der Waals surface area contributed by atoms with Crippen molar-refractivity contribution in [3.63, 3.8) is 0 Å². The van der Waals surface area contributed by atoms with Crippen molar-refractivity contribution in [3.05, 3.63) is 16.6 Å². The van der Waals surface area contributed by atoms with Crippen LogP contribution in [0.5, 0.6) is 0 Å². The molecule has 1 aliphatic carbocycles. The van der Waals surface area contributed by atoms with Crippen LogP contribution in [0.15, 0.2) is 11.7 Å². The standard InChI is InChI=1S/C12H20N2S2/c1-10(11-7-13-9-16-11)14-8-12(15-2)5-3-4-6-12/h7,9-10,14H,3-6,8H2,1-2H3. The van der Waals surface area contributed by atoms with Crippen molar-refractivity contribution in [2.45, 2.75) is 43.4 Å². The number of rotatable bonds is 5. The van der Waals surface area contributed by atoms with E-state index in [1.165, 1.54) is 30.6 Å². The Balaban J connectivity index is 1.86. The molecule has 0 aliphatic heterocycles. The smallest absolute Gasteiger partial charge is 0.0794 e. The normalized spacial score (nSPS) is 21.1. The Morgan fingerprint density at radius 3 is 2.88 bits per heavy atom. The lowest BCUT2D eigenvalue weighted by Gasteiger charge is -2.28. The summed E-state index contributed by atoms with van der Waals surface area (Å²) < 4.78 is 0.499. The quantitative estimate of drug-likeness (QED) is 0.873. The zero-order valence-electron chi connectivity index (χ0n) is 10.0. The van der Waals surface area contributed by atoms with Gasteiger partial charge in [-0.25, -0.2) is 0 Å². The molecule has 0 bridgehead atoms. The summed E-state index contributed by atoms with van der Waals surface area (Å²) in [6.45, 7) is 3.36. The van der Waals surface area contributed by atoms with Gasteiger partial charge in [0.05, 0.1) is 5.51 Å². The molecule has 0 saturated heterocycles. The Labute approximate surface area is 106 Å². The molecule has 1 saturated carbocycles. The van der Waals surface area contributed by atoms with Crippen LogP contribution in [0.1, 0.15) is 43.5 Å². The van der Waals surface area contributed by atoms with Crippen molar-refractivity contribution < 1.29 is 0 Å². The van der Waals surface area contributed by atoms with Crippen LogP contribution in [0.25, 0.3) is 0 Å². The van der Waals surface area contributed by atoms with Crippen LogP contribution in [0, 0.1) is 0 Å². The molecular formula is C12H20N2S2. The van der Waals surface area contributed by atoms with Gasteiger partial charge in [0.15, 0.2) is 0 Å². The van der Waals surface area contributed by atoms with Gasteiger partial charge in [-0.1, -0.05) is 12.8 Å². The predicted molar refractivity (Wildman–Crippen MR) is 73.2 cm³/mol. The Morgan fingerprint density at radius 2 is 2.31 bits per heavy atom. The van der Waals surface area contributed by atoms with Crippen molar-refractivity contribution in [1.29, 1.82) is 0 Å². The van der Waals surface area contributed by atoms with Crippen molar-refractivity contribution in [3.8, 4) is 0 Å². The van der Waals surface area contributed by atoms with Gasteiger partial charge in [-0.2, -0.15) is 11.8 Å². The first-order valence-corrected chi connectivity index (χ1v) is 8.03. The molecule has 1 aromatic heterocycles.